The van der Waals surface area contributed by atoms with Gasteiger partial charge in [-0.2, -0.15) is 0 Å². The number of furan rings is 1. The van der Waals surface area contributed by atoms with Gasteiger partial charge in [0.1, 0.15) is 5.58 Å². The Kier molecular flexibility index (Phi) is 4.40. The Hall–Kier alpha value is -2.32. The van der Waals surface area contributed by atoms with Crippen molar-refractivity contribution < 1.29 is 4.42 Å². The van der Waals surface area contributed by atoms with E-state index in [-0.39, 0.29) is 0 Å². The number of fused-ring (bicyclic) bond motifs is 1. The Morgan fingerprint density at radius 1 is 1.05 bits per heavy atom. The van der Waals surface area contributed by atoms with Crippen LogP contribution in [-0.2, 0) is 6.54 Å². The van der Waals surface area contributed by atoms with Crippen molar-refractivity contribution in [3.63, 3.8) is 0 Å². The van der Waals surface area contributed by atoms with Crippen LogP contribution in [0.1, 0.15) is 16.7 Å². The van der Waals surface area contributed by atoms with Crippen molar-refractivity contribution in [3.8, 4) is 0 Å². The molecule has 0 atom stereocenters. The number of rotatable bonds is 5. The lowest BCUT2D eigenvalue weighted by molar-refractivity contribution is 0.363. The van der Waals surface area contributed by atoms with Crippen molar-refractivity contribution in [2.24, 2.45) is 0 Å². The zero-order chi connectivity index (χ0) is 15.4. The van der Waals surface area contributed by atoms with Crippen LogP contribution in [0.5, 0.6) is 0 Å². The summed E-state index contributed by atoms with van der Waals surface area (Å²) in [5.41, 5.74) is 4.76. The van der Waals surface area contributed by atoms with E-state index in [1.165, 1.54) is 22.1 Å². The lowest BCUT2D eigenvalue weighted by Crippen LogP contribution is -2.17. The van der Waals surface area contributed by atoms with Crippen molar-refractivity contribution in [1.82, 2.24) is 4.90 Å². The zero-order valence-electron chi connectivity index (χ0n) is 13.1. The second-order valence-corrected chi connectivity index (χ2v) is 5.77. The summed E-state index contributed by atoms with van der Waals surface area (Å²) < 4.78 is 5.59. The highest BCUT2D eigenvalue weighted by molar-refractivity contribution is 5.80. The average Bonchev–Trinajstić information content (AvgIpc) is 2.99. The van der Waals surface area contributed by atoms with E-state index >= 15 is 0 Å². The van der Waals surface area contributed by atoms with Crippen LogP contribution in [0.4, 0.5) is 0 Å². The fourth-order valence-electron chi connectivity index (χ4n) is 2.58. The maximum atomic E-state index is 5.59. The largest absolute Gasteiger partial charge is 0.464 e. The highest BCUT2D eigenvalue weighted by Gasteiger charge is 2.05. The molecule has 2 nitrogen and oxygen atoms in total. The summed E-state index contributed by atoms with van der Waals surface area (Å²) in [5.74, 6) is 0. The van der Waals surface area contributed by atoms with Crippen LogP contribution in [-0.4, -0.2) is 18.5 Å². The van der Waals surface area contributed by atoms with Gasteiger partial charge in [-0.3, -0.25) is 4.90 Å². The van der Waals surface area contributed by atoms with Gasteiger partial charge in [0, 0.05) is 24.0 Å². The van der Waals surface area contributed by atoms with Gasteiger partial charge in [-0.1, -0.05) is 60.2 Å². The maximum absolute atomic E-state index is 5.59. The third kappa shape index (κ3) is 3.46. The summed E-state index contributed by atoms with van der Waals surface area (Å²) in [6, 6.07) is 16.9. The zero-order valence-corrected chi connectivity index (χ0v) is 13.1. The summed E-state index contributed by atoms with van der Waals surface area (Å²) in [4.78, 5) is 2.28. The Labute approximate surface area is 131 Å². The molecule has 0 amide bonds. The molecule has 112 valence electrons. The predicted molar refractivity (Wildman–Crippen MR) is 92.8 cm³/mol. The van der Waals surface area contributed by atoms with Crippen molar-refractivity contribution >= 4 is 17.0 Å². The summed E-state index contributed by atoms with van der Waals surface area (Å²) in [5, 5.41) is 1.17. The van der Waals surface area contributed by atoms with Crippen LogP contribution in [0.2, 0.25) is 0 Å². The average molecular weight is 291 g/mol. The number of hydrogen-bond donors (Lipinski definition) is 0. The first kappa shape index (κ1) is 14.6. The fraction of sp³-hybridized carbons (Fsp3) is 0.200. The lowest BCUT2D eigenvalue weighted by atomic mass is 10.1. The van der Waals surface area contributed by atoms with Gasteiger partial charge in [-0.15, -0.1) is 0 Å². The van der Waals surface area contributed by atoms with E-state index in [1.807, 2.05) is 6.07 Å². The van der Waals surface area contributed by atoms with E-state index in [2.05, 4.69) is 73.5 Å². The van der Waals surface area contributed by atoms with Crippen LogP contribution < -0.4 is 0 Å². The molecule has 3 aromatic rings. The van der Waals surface area contributed by atoms with E-state index in [9.17, 15) is 0 Å². The van der Waals surface area contributed by atoms with E-state index < -0.39 is 0 Å². The second-order valence-electron chi connectivity index (χ2n) is 5.77. The van der Waals surface area contributed by atoms with Gasteiger partial charge < -0.3 is 4.42 Å². The smallest absolute Gasteiger partial charge is 0.138 e. The quantitative estimate of drug-likeness (QED) is 0.665. The van der Waals surface area contributed by atoms with Gasteiger partial charge in [0.05, 0.1) is 6.26 Å². The summed E-state index contributed by atoms with van der Waals surface area (Å²) >= 11 is 0. The monoisotopic (exact) mass is 291 g/mol. The Bertz CT molecular complexity index is 768. The van der Waals surface area contributed by atoms with Gasteiger partial charge in [-0.25, -0.2) is 0 Å². The number of likely N-dealkylation sites (N-methyl/N-ethyl adjacent to an activating group) is 1. The molecule has 3 rings (SSSR count). The second kappa shape index (κ2) is 6.63. The molecule has 0 saturated carbocycles. The van der Waals surface area contributed by atoms with Crippen LogP contribution in [0.25, 0.3) is 17.0 Å². The first-order valence-corrected chi connectivity index (χ1v) is 7.59. The predicted octanol–water partition coefficient (Wildman–Crippen LogP) is 4.89. The molecule has 0 aliphatic rings. The number of hydrogen-bond acceptors (Lipinski definition) is 2. The minimum Gasteiger partial charge on any atom is -0.464 e. The molecule has 0 unspecified atom stereocenters. The molecule has 0 aliphatic heterocycles. The molecule has 0 N–H and O–H groups in total. The van der Waals surface area contributed by atoms with Gasteiger partial charge in [0.2, 0.25) is 0 Å². The van der Waals surface area contributed by atoms with Crippen LogP contribution in [0, 0.1) is 6.92 Å². The molecule has 0 aliphatic carbocycles. The number of aryl methyl sites for hydroxylation is 1. The van der Waals surface area contributed by atoms with Crippen molar-refractivity contribution in [2.45, 2.75) is 13.5 Å². The van der Waals surface area contributed by atoms with Gasteiger partial charge in [-0.05, 0) is 25.6 Å². The van der Waals surface area contributed by atoms with Crippen LogP contribution in [0.3, 0.4) is 0 Å². The summed E-state index contributed by atoms with van der Waals surface area (Å²) in [6.07, 6.45) is 6.13. The normalized spacial score (nSPS) is 11.8. The molecule has 1 heterocycles. The molecule has 0 bridgehead atoms. The van der Waals surface area contributed by atoms with Crippen LogP contribution in [0.15, 0.2) is 65.3 Å². The molecule has 22 heavy (non-hydrogen) atoms. The minimum atomic E-state index is 0.878. The lowest BCUT2D eigenvalue weighted by Gasteiger charge is -2.14. The third-order valence-corrected chi connectivity index (χ3v) is 3.81. The third-order valence-electron chi connectivity index (χ3n) is 3.81. The van der Waals surface area contributed by atoms with Crippen molar-refractivity contribution in [3.05, 3.63) is 77.6 Å². The van der Waals surface area contributed by atoms with Crippen molar-refractivity contribution in [2.75, 3.05) is 13.6 Å². The van der Waals surface area contributed by atoms with E-state index in [1.54, 1.807) is 6.26 Å². The summed E-state index contributed by atoms with van der Waals surface area (Å²) in [6.45, 7) is 3.89. The fourth-order valence-corrected chi connectivity index (χ4v) is 2.58. The first-order valence-electron chi connectivity index (χ1n) is 7.59. The number of para-hydroxylation sites is 1. The minimum absolute atomic E-state index is 0.878. The Balaban J connectivity index is 1.61. The van der Waals surface area contributed by atoms with Gasteiger partial charge in [0.15, 0.2) is 0 Å². The molecule has 0 radical (unpaired) electrons. The van der Waals surface area contributed by atoms with Crippen molar-refractivity contribution in [1.29, 1.82) is 0 Å². The number of nitrogens with zero attached hydrogens (tertiary/aromatic N) is 1. The van der Waals surface area contributed by atoms with Gasteiger partial charge in [0.25, 0.3) is 0 Å². The maximum Gasteiger partial charge on any atom is 0.138 e. The van der Waals surface area contributed by atoms with E-state index in [0.29, 0.717) is 0 Å². The van der Waals surface area contributed by atoms with E-state index in [0.717, 1.165) is 18.7 Å². The molecular weight excluding hydrogens is 270 g/mol. The molecule has 1 aromatic heterocycles. The molecule has 0 fully saturated rings. The molecule has 0 saturated heterocycles. The van der Waals surface area contributed by atoms with Gasteiger partial charge >= 0.3 is 0 Å². The SMILES string of the molecule is Cc1ccc(/C=C/CN(C)Cc2cccc3ccoc23)cc1. The highest BCUT2D eigenvalue weighted by atomic mass is 16.3. The molecule has 2 aromatic carbocycles. The number of benzene rings is 2. The molecule has 0 spiro atoms. The Morgan fingerprint density at radius 2 is 1.86 bits per heavy atom. The summed E-state index contributed by atoms with van der Waals surface area (Å²) in [7, 11) is 2.13. The standard InChI is InChI=1S/C20H21NO/c1-16-8-10-17(11-9-16)5-4-13-21(2)15-19-7-3-6-18-12-14-22-20(18)19/h3-12,14H,13,15H2,1-2H3/b5-4+. The topological polar surface area (TPSA) is 16.4 Å². The first-order chi connectivity index (χ1) is 10.7. The van der Waals surface area contributed by atoms with E-state index in [4.69, 9.17) is 4.42 Å². The van der Waals surface area contributed by atoms with Crippen LogP contribution >= 0.6 is 0 Å². The molecule has 2 heteroatoms. The highest BCUT2D eigenvalue weighted by Crippen LogP contribution is 2.20. The Morgan fingerprint density at radius 3 is 2.68 bits per heavy atom. The molecular formula is C20H21NO.